The molecule has 0 radical (unpaired) electrons. The molecular formula is C30H28N2O4. The van der Waals surface area contributed by atoms with Gasteiger partial charge >= 0.3 is 5.97 Å². The van der Waals surface area contributed by atoms with Crippen LogP contribution < -0.4 is 0 Å². The predicted molar refractivity (Wildman–Crippen MR) is 143 cm³/mol. The molecule has 0 aliphatic carbocycles. The lowest BCUT2D eigenvalue weighted by atomic mass is 9.97. The van der Waals surface area contributed by atoms with Gasteiger partial charge in [0.1, 0.15) is 5.71 Å². The summed E-state index contributed by atoms with van der Waals surface area (Å²) < 4.78 is 2.16. The average Bonchev–Trinajstić information content (AvgIpc) is 3.20. The van der Waals surface area contributed by atoms with Crippen LogP contribution in [0, 0.1) is 6.92 Å². The van der Waals surface area contributed by atoms with Crippen LogP contribution in [-0.2, 0) is 16.2 Å². The number of rotatable bonds is 9. The van der Waals surface area contributed by atoms with E-state index in [1.54, 1.807) is 12.1 Å². The van der Waals surface area contributed by atoms with E-state index in [1.165, 1.54) is 6.92 Å². The highest BCUT2D eigenvalue weighted by molar-refractivity contribution is 6.46. The zero-order valence-electron chi connectivity index (χ0n) is 20.7. The van der Waals surface area contributed by atoms with Gasteiger partial charge in [0, 0.05) is 58.4 Å². The molecular weight excluding hydrogens is 452 g/mol. The van der Waals surface area contributed by atoms with Crippen LogP contribution in [0.3, 0.4) is 0 Å². The Morgan fingerprint density at radius 1 is 0.972 bits per heavy atom. The van der Waals surface area contributed by atoms with Gasteiger partial charge in [-0.05, 0) is 62.2 Å². The molecule has 1 aromatic heterocycles. The fourth-order valence-electron chi connectivity index (χ4n) is 4.44. The summed E-state index contributed by atoms with van der Waals surface area (Å²) in [6.45, 7) is 9.65. The minimum Gasteiger partial charge on any atom is -0.341 e. The largest absolute Gasteiger partial charge is 0.341 e. The van der Waals surface area contributed by atoms with Crippen LogP contribution in [0.5, 0.6) is 0 Å². The number of aryl methyl sites for hydroxylation is 2. The molecule has 0 saturated heterocycles. The van der Waals surface area contributed by atoms with Crippen molar-refractivity contribution < 1.29 is 19.2 Å². The molecule has 1 heterocycles. The summed E-state index contributed by atoms with van der Waals surface area (Å²) >= 11 is 0. The summed E-state index contributed by atoms with van der Waals surface area (Å²) in [6, 6.07) is 18.7. The van der Waals surface area contributed by atoms with Crippen LogP contribution in [0.15, 0.2) is 78.5 Å². The molecule has 4 aromatic rings. The lowest BCUT2D eigenvalue weighted by molar-refractivity contribution is -0.140. The fourth-order valence-corrected chi connectivity index (χ4v) is 4.44. The van der Waals surface area contributed by atoms with Gasteiger partial charge in [0.25, 0.3) is 0 Å². The SMILES string of the molecule is C=CCC/C(=N\OC(C)=O)C(=O)c1ccc2c(c1)c1cc(C(=O)c3ccccc3C)ccc1n2CC. The van der Waals surface area contributed by atoms with E-state index in [4.69, 9.17) is 4.84 Å². The van der Waals surface area contributed by atoms with Gasteiger partial charge in [0.05, 0.1) is 0 Å². The first-order valence-electron chi connectivity index (χ1n) is 11.9. The number of nitrogens with zero attached hydrogens (tertiary/aromatic N) is 2. The van der Waals surface area contributed by atoms with Crippen LogP contribution in [-0.4, -0.2) is 27.8 Å². The normalized spacial score (nSPS) is 11.6. The van der Waals surface area contributed by atoms with Gasteiger partial charge in [0.2, 0.25) is 5.78 Å². The van der Waals surface area contributed by atoms with Gasteiger partial charge in [-0.1, -0.05) is 35.5 Å². The van der Waals surface area contributed by atoms with Crippen LogP contribution in [0.2, 0.25) is 0 Å². The number of oxime groups is 1. The Labute approximate surface area is 209 Å². The molecule has 0 spiro atoms. The number of ketones is 2. The summed E-state index contributed by atoms with van der Waals surface area (Å²) in [5, 5.41) is 5.56. The van der Waals surface area contributed by atoms with Crippen molar-refractivity contribution in [2.45, 2.75) is 40.2 Å². The molecule has 0 aliphatic heterocycles. The Morgan fingerprint density at radius 2 is 1.61 bits per heavy atom. The fraction of sp³-hybridized carbons (Fsp3) is 0.200. The smallest absolute Gasteiger partial charge is 0.331 e. The number of aromatic nitrogens is 1. The van der Waals surface area contributed by atoms with Crippen molar-refractivity contribution >= 4 is 45.1 Å². The molecule has 0 unspecified atom stereocenters. The summed E-state index contributed by atoms with van der Waals surface area (Å²) in [5.74, 6) is -0.949. The van der Waals surface area contributed by atoms with Crippen molar-refractivity contribution in [3.63, 3.8) is 0 Å². The number of hydrogen-bond acceptors (Lipinski definition) is 5. The van der Waals surface area contributed by atoms with Crippen LogP contribution in [0.4, 0.5) is 0 Å². The number of benzene rings is 3. The third-order valence-corrected chi connectivity index (χ3v) is 6.23. The van der Waals surface area contributed by atoms with E-state index in [0.717, 1.165) is 33.9 Å². The van der Waals surface area contributed by atoms with Gasteiger partial charge in [-0.25, -0.2) is 4.79 Å². The molecule has 3 aromatic carbocycles. The first-order chi connectivity index (χ1) is 17.3. The van der Waals surface area contributed by atoms with Crippen molar-refractivity contribution in [1.29, 1.82) is 0 Å². The Morgan fingerprint density at radius 3 is 2.22 bits per heavy atom. The van der Waals surface area contributed by atoms with Crippen molar-refractivity contribution in [2.24, 2.45) is 5.16 Å². The Hall–Kier alpha value is -4.32. The highest BCUT2D eigenvalue weighted by Gasteiger charge is 2.19. The van der Waals surface area contributed by atoms with Crippen LogP contribution in [0.1, 0.15) is 58.5 Å². The van der Waals surface area contributed by atoms with Crippen molar-refractivity contribution in [2.75, 3.05) is 0 Å². The zero-order valence-corrected chi connectivity index (χ0v) is 20.7. The zero-order chi connectivity index (χ0) is 25.8. The number of carbonyl (C=O) groups excluding carboxylic acids is 3. The van der Waals surface area contributed by atoms with Gasteiger partial charge in [-0.3, -0.25) is 9.59 Å². The summed E-state index contributed by atoms with van der Waals surface area (Å²) in [7, 11) is 0. The molecule has 0 fully saturated rings. The highest BCUT2D eigenvalue weighted by Crippen LogP contribution is 2.32. The van der Waals surface area contributed by atoms with E-state index in [2.05, 4.69) is 23.2 Å². The van der Waals surface area contributed by atoms with E-state index >= 15 is 0 Å². The third kappa shape index (κ3) is 4.75. The number of fused-ring (bicyclic) bond motifs is 3. The maximum absolute atomic E-state index is 13.3. The molecule has 4 rings (SSSR count). The minimum absolute atomic E-state index is 0.0418. The molecule has 36 heavy (non-hydrogen) atoms. The standard InChI is InChI=1S/C30H28N2O4/c1-5-7-12-26(31-36-20(4)33)30(35)22-14-16-28-25(18-22)24-17-21(13-15-27(24)32(28)6-2)29(34)23-11-9-8-10-19(23)3/h5,8-11,13-18H,1,6-7,12H2,2-4H3/b31-26+. The van der Waals surface area contributed by atoms with Crippen LogP contribution >= 0.6 is 0 Å². The van der Waals surface area contributed by atoms with Gasteiger partial charge < -0.3 is 9.40 Å². The highest BCUT2D eigenvalue weighted by atomic mass is 16.7. The van der Waals surface area contributed by atoms with Gasteiger partial charge in [-0.15, -0.1) is 6.58 Å². The number of allylic oxidation sites excluding steroid dienone is 1. The van der Waals surface area contributed by atoms with Crippen LogP contribution in [0.25, 0.3) is 21.8 Å². The second kappa shape index (κ2) is 10.5. The Kier molecular flexibility index (Phi) is 7.25. The molecule has 6 nitrogen and oxygen atoms in total. The van der Waals surface area contributed by atoms with Gasteiger partial charge in [0.15, 0.2) is 5.78 Å². The number of carbonyl (C=O) groups is 3. The quantitative estimate of drug-likeness (QED) is 0.0910. The van der Waals surface area contributed by atoms with Crippen molar-refractivity contribution in [1.82, 2.24) is 4.57 Å². The maximum atomic E-state index is 13.3. The first kappa shape index (κ1) is 24.8. The Bertz CT molecular complexity index is 1540. The lowest BCUT2D eigenvalue weighted by Crippen LogP contribution is -2.15. The number of Topliss-reactive ketones (excluding diaryl/α,β-unsaturated/α-hetero) is 1. The van der Waals surface area contributed by atoms with E-state index in [9.17, 15) is 14.4 Å². The molecule has 6 heteroatoms. The molecule has 0 amide bonds. The van der Waals surface area contributed by atoms with E-state index < -0.39 is 5.97 Å². The first-order valence-corrected chi connectivity index (χ1v) is 11.9. The monoisotopic (exact) mass is 480 g/mol. The van der Waals surface area contributed by atoms with Crippen molar-refractivity contribution in [3.05, 3.63) is 95.6 Å². The topological polar surface area (TPSA) is 77.7 Å². The van der Waals surface area contributed by atoms with Crippen molar-refractivity contribution in [3.8, 4) is 0 Å². The Balaban J connectivity index is 1.84. The predicted octanol–water partition coefficient (Wildman–Crippen LogP) is 6.42. The second-order valence-electron chi connectivity index (χ2n) is 8.63. The summed E-state index contributed by atoms with van der Waals surface area (Å²) in [4.78, 5) is 42.6. The number of hydrogen-bond donors (Lipinski definition) is 0. The van der Waals surface area contributed by atoms with E-state index in [0.29, 0.717) is 29.5 Å². The second-order valence-corrected chi connectivity index (χ2v) is 8.63. The molecule has 0 aliphatic rings. The molecule has 0 N–H and O–H groups in total. The van der Waals surface area contributed by atoms with E-state index in [1.807, 2.05) is 61.5 Å². The van der Waals surface area contributed by atoms with Gasteiger partial charge in [-0.2, -0.15) is 0 Å². The maximum Gasteiger partial charge on any atom is 0.331 e. The molecule has 182 valence electrons. The van der Waals surface area contributed by atoms with E-state index in [-0.39, 0.29) is 17.3 Å². The average molecular weight is 481 g/mol. The molecule has 0 bridgehead atoms. The summed E-state index contributed by atoms with van der Waals surface area (Å²) in [5.41, 5.74) is 4.72. The minimum atomic E-state index is -0.591. The molecule has 0 atom stereocenters. The molecule has 0 saturated carbocycles. The lowest BCUT2D eigenvalue weighted by Gasteiger charge is -2.06. The third-order valence-electron chi connectivity index (χ3n) is 6.23. The summed E-state index contributed by atoms with van der Waals surface area (Å²) in [6.07, 6.45) is 2.51.